The summed E-state index contributed by atoms with van der Waals surface area (Å²) >= 11 is 6.23. The maximum absolute atomic E-state index is 10.1. The standard InChI is InChI=1S/2C5H7BrO.C5H6O/c2*1-4(6)3-5(2)7;1-3-4-5(2)6/h2*3H,1-2H3;1-2H3/b4-3+;4-3-;. The van der Waals surface area contributed by atoms with Gasteiger partial charge in [0.25, 0.3) is 0 Å². The van der Waals surface area contributed by atoms with Crippen LogP contribution in [0.5, 0.6) is 0 Å². The summed E-state index contributed by atoms with van der Waals surface area (Å²) in [5.74, 6) is 4.87. The van der Waals surface area contributed by atoms with Gasteiger partial charge < -0.3 is 0 Å². The molecule has 5 heteroatoms. The minimum atomic E-state index is -0.0718. The number of hydrogen-bond acceptors (Lipinski definition) is 3. The highest BCUT2D eigenvalue weighted by Gasteiger charge is 1.82. The second kappa shape index (κ2) is 16.1. The number of hydrogen-bond donors (Lipinski definition) is 0. The van der Waals surface area contributed by atoms with Gasteiger partial charge in [0.1, 0.15) is 0 Å². The van der Waals surface area contributed by atoms with E-state index in [0.29, 0.717) is 0 Å². The van der Waals surface area contributed by atoms with Crippen LogP contribution < -0.4 is 0 Å². The summed E-state index contributed by atoms with van der Waals surface area (Å²) in [6, 6.07) is 0. The number of allylic oxidation sites excluding steroid dienone is 4. The zero-order valence-corrected chi connectivity index (χ0v) is 15.8. The first-order valence-corrected chi connectivity index (χ1v) is 7.23. The van der Waals surface area contributed by atoms with E-state index in [4.69, 9.17) is 0 Å². The number of ketones is 3. The van der Waals surface area contributed by atoms with Crippen molar-refractivity contribution in [1.29, 1.82) is 0 Å². The van der Waals surface area contributed by atoms with Crippen molar-refractivity contribution < 1.29 is 14.4 Å². The minimum absolute atomic E-state index is 0.0718. The average Bonchev–Trinajstić information content (AvgIpc) is 2.13. The van der Waals surface area contributed by atoms with Crippen LogP contribution in [0.1, 0.15) is 41.5 Å². The van der Waals surface area contributed by atoms with Crippen molar-refractivity contribution in [2.45, 2.75) is 41.5 Å². The van der Waals surface area contributed by atoms with Gasteiger partial charge in [-0.25, -0.2) is 0 Å². The van der Waals surface area contributed by atoms with Gasteiger partial charge in [-0.3, -0.25) is 14.4 Å². The first kappa shape index (κ1) is 24.1. The fourth-order valence-corrected chi connectivity index (χ4v) is 1.38. The van der Waals surface area contributed by atoms with Crippen LogP contribution in [0, 0.1) is 11.8 Å². The SMILES string of the molecule is CC#CC(C)=O.CC(=O)/C=C(/C)Br.CC(=O)/C=C(\C)Br. The lowest BCUT2D eigenvalue weighted by molar-refractivity contribution is -0.113. The monoisotopic (exact) mass is 406 g/mol. The quantitative estimate of drug-likeness (QED) is 0.388. The lowest BCUT2D eigenvalue weighted by atomic mass is 10.4. The number of halogens is 2. The van der Waals surface area contributed by atoms with E-state index in [1.54, 1.807) is 6.92 Å². The van der Waals surface area contributed by atoms with E-state index in [9.17, 15) is 14.4 Å². The molecule has 0 aliphatic heterocycles. The number of rotatable bonds is 2. The Hall–Kier alpha value is -0.990. The van der Waals surface area contributed by atoms with Crippen LogP contribution in [0.25, 0.3) is 0 Å². The topological polar surface area (TPSA) is 51.2 Å². The molecule has 0 saturated carbocycles. The molecule has 0 bridgehead atoms. The second-order valence-electron chi connectivity index (χ2n) is 3.61. The van der Waals surface area contributed by atoms with Gasteiger partial charge in [0, 0.05) is 6.92 Å². The molecule has 0 unspecified atom stereocenters. The van der Waals surface area contributed by atoms with Gasteiger partial charge in [-0.05, 0) is 61.7 Å². The summed E-state index contributed by atoms with van der Waals surface area (Å²) in [7, 11) is 0. The third kappa shape index (κ3) is 43.5. The van der Waals surface area contributed by atoms with E-state index in [1.807, 2.05) is 13.8 Å². The Morgan fingerprint density at radius 1 is 0.800 bits per heavy atom. The van der Waals surface area contributed by atoms with Gasteiger partial charge in [-0.2, -0.15) is 0 Å². The van der Waals surface area contributed by atoms with E-state index < -0.39 is 0 Å². The lowest BCUT2D eigenvalue weighted by Gasteiger charge is -1.78. The Kier molecular flexibility index (Phi) is 19.3. The molecule has 3 nitrogen and oxygen atoms in total. The Bertz CT molecular complexity index is 413. The predicted octanol–water partition coefficient (Wildman–Crippen LogP) is 4.35. The first-order chi connectivity index (χ1) is 9.02. The molecule has 0 fully saturated rings. The molecule has 0 spiro atoms. The van der Waals surface area contributed by atoms with Gasteiger partial charge in [0.05, 0.1) is 0 Å². The lowest BCUT2D eigenvalue weighted by Crippen LogP contribution is -1.79. The number of carbonyl (C=O) groups excluding carboxylic acids is 3. The van der Waals surface area contributed by atoms with E-state index >= 15 is 0 Å². The predicted molar refractivity (Wildman–Crippen MR) is 90.9 cm³/mol. The van der Waals surface area contributed by atoms with Crippen molar-refractivity contribution in [3.63, 3.8) is 0 Å². The zero-order chi connectivity index (χ0) is 16.7. The van der Waals surface area contributed by atoms with E-state index in [0.717, 1.165) is 8.96 Å². The highest BCUT2D eigenvalue weighted by Crippen LogP contribution is 2.00. The molecule has 20 heavy (non-hydrogen) atoms. The fourth-order valence-electron chi connectivity index (χ4n) is 0.736. The van der Waals surface area contributed by atoms with Crippen LogP contribution >= 0.6 is 31.9 Å². The van der Waals surface area contributed by atoms with Crippen LogP contribution in [-0.4, -0.2) is 17.3 Å². The number of carbonyl (C=O) groups is 3. The maximum Gasteiger partial charge on any atom is 0.202 e. The minimum Gasteiger partial charge on any atom is -0.295 e. The van der Waals surface area contributed by atoms with E-state index in [2.05, 4.69) is 43.7 Å². The molecule has 0 aromatic heterocycles. The van der Waals surface area contributed by atoms with Gasteiger partial charge in [0.15, 0.2) is 11.6 Å². The van der Waals surface area contributed by atoms with Gasteiger partial charge in [-0.1, -0.05) is 37.8 Å². The Morgan fingerprint density at radius 2 is 1.10 bits per heavy atom. The largest absolute Gasteiger partial charge is 0.295 e. The normalized spacial score (nSPS) is 9.80. The first-order valence-electron chi connectivity index (χ1n) is 5.65. The zero-order valence-electron chi connectivity index (χ0n) is 12.6. The van der Waals surface area contributed by atoms with Gasteiger partial charge in [-0.15, -0.1) is 0 Å². The Morgan fingerprint density at radius 3 is 1.10 bits per heavy atom. The molecular formula is C15H20Br2O3. The molecule has 0 aromatic carbocycles. The molecule has 0 heterocycles. The third-order valence-electron chi connectivity index (χ3n) is 1.11. The van der Waals surface area contributed by atoms with Crippen LogP contribution in [0.4, 0.5) is 0 Å². The van der Waals surface area contributed by atoms with Crippen molar-refractivity contribution in [2.75, 3.05) is 0 Å². The smallest absolute Gasteiger partial charge is 0.202 e. The molecule has 0 aliphatic rings. The molecule has 0 radical (unpaired) electrons. The summed E-state index contributed by atoms with van der Waals surface area (Å²) in [4.78, 5) is 30.2. The van der Waals surface area contributed by atoms with Crippen molar-refractivity contribution >= 4 is 49.2 Å². The summed E-state index contributed by atoms with van der Waals surface area (Å²) in [5, 5.41) is 0. The summed E-state index contributed by atoms with van der Waals surface area (Å²) in [5.41, 5.74) is 0. The van der Waals surface area contributed by atoms with Crippen LogP contribution in [0.15, 0.2) is 21.1 Å². The highest BCUT2D eigenvalue weighted by molar-refractivity contribution is 9.12. The molecule has 0 amide bonds. The van der Waals surface area contributed by atoms with E-state index in [1.165, 1.54) is 32.9 Å². The summed E-state index contributed by atoms with van der Waals surface area (Å²) in [6.07, 6.45) is 3.06. The van der Waals surface area contributed by atoms with Crippen molar-refractivity contribution in [3.8, 4) is 11.8 Å². The molecule has 0 saturated heterocycles. The van der Waals surface area contributed by atoms with E-state index in [-0.39, 0.29) is 17.3 Å². The summed E-state index contributed by atoms with van der Waals surface area (Å²) < 4.78 is 1.75. The second-order valence-corrected chi connectivity index (χ2v) is 6.12. The van der Waals surface area contributed by atoms with Crippen LogP contribution in [0.2, 0.25) is 0 Å². The third-order valence-corrected chi connectivity index (χ3v) is 1.56. The Labute approximate surface area is 138 Å². The molecule has 112 valence electrons. The van der Waals surface area contributed by atoms with Crippen LogP contribution in [0.3, 0.4) is 0 Å². The number of Topliss-reactive ketones (excluding diaryl/α,β-unsaturated/α-hetero) is 1. The van der Waals surface area contributed by atoms with Crippen molar-refractivity contribution in [3.05, 3.63) is 21.1 Å². The molecule has 0 rings (SSSR count). The summed E-state index contributed by atoms with van der Waals surface area (Å²) in [6.45, 7) is 9.76. The molecule has 0 atom stereocenters. The maximum atomic E-state index is 10.1. The van der Waals surface area contributed by atoms with Gasteiger partial charge in [0.2, 0.25) is 5.78 Å². The molecular weight excluding hydrogens is 388 g/mol. The van der Waals surface area contributed by atoms with Crippen LogP contribution in [-0.2, 0) is 14.4 Å². The highest BCUT2D eigenvalue weighted by atomic mass is 79.9. The van der Waals surface area contributed by atoms with Gasteiger partial charge >= 0.3 is 0 Å². The average molecular weight is 408 g/mol. The van der Waals surface area contributed by atoms with Crippen molar-refractivity contribution in [2.24, 2.45) is 0 Å². The Balaban J connectivity index is -0.000000218. The molecule has 0 aromatic rings. The molecule has 0 N–H and O–H groups in total. The fraction of sp³-hybridized carbons (Fsp3) is 0.400. The van der Waals surface area contributed by atoms with Crippen molar-refractivity contribution in [1.82, 2.24) is 0 Å². The molecule has 0 aliphatic carbocycles.